The van der Waals surface area contributed by atoms with Crippen molar-refractivity contribution in [1.29, 1.82) is 0 Å². The van der Waals surface area contributed by atoms with Crippen molar-refractivity contribution in [3.8, 4) is 28.2 Å². The highest BCUT2D eigenvalue weighted by Gasteiger charge is 2.25. The van der Waals surface area contributed by atoms with Gasteiger partial charge in [0.05, 0.1) is 11.4 Å². The Labute approximate surface area is 186 Å². The summed E-state index contributed by atoms with van der Waals surface area (Å²) in [6.07, 6.45) is 1.68. The molecule has 0 fully saturated rings. The van der Waals surface area contributed by atoms with E-state index in [4.69, 9.17) is 11.6 Å². The highest BCUT2D eigenvalue weighted by Crippen LogP contribution is 2.33. The third kappa shape index (κ3) is 4.14. The Hall–Kier alpha value is -2.95. The van der Waals surface area contributed by atoms with Crippen LogP contribution in [0.2, 0.25) is 5.02 Å². The van der Waals surface area contributed by atoms with Crippen molar-refractivity contribution in [3.63, 3.8) is 0 Å². The van der Waals surface area contributed by atoms with Gasteiger partial charge in [-0.1, -0.05) is 59.6 Å². The summed E-state index contributed by atoms with van der Waals surface area (Å²) in [5.74, 6) is 0.152. The van der Waals surface area contributed by atoms with Crippen molar-refractivity contribution < 1.29 is 9.50 Å². The zero-order chi connectivity index (χ0) is 22.3. The molecular weight excluding hydrogens is 411 g/mol. The molecule has 0 radical (unpaired) electrons. The second kappa shape index (κ2) is 7.95. The summed E-state index contributed by atoms with van der Waals surface area (Å²) in [5, 5.41) is 11.1. The van der Waals surface area contributed by atoms with E-state index in [9.17, 15) is 5.11 Å². The molecule has 0 aliphatic heterocycles. The predicted molar refractivity (Wildman–Crippen MR) is 124 cm³/mol. The highest BCUT2D eigenvalue weighted by atomic mass is 35.5. The normalized spacial score (nSPS) is 11.7. The minimum Gasteiger partial charge on any atom is -0.384 e. The van der Waals surface area contributed by atoms with Gasteiger partial charge in [0.1, 0.15) is 17.2 Å². The number of halogens is 2. The van der Waals surface area contributed by atoms with E-state index in [0.717, 1.165) is 27.8 Å². The number of benzene rings is 3. The number of aryl methyl sites for hydroxylation is 1. The molecule has 4 rings (SSSR count). The number of rotatable bonds is 4. The quantitative estimate of drug-likeness (QED) is 0.381. The van der Waals surface area contributed by atoms with Gasteiger partial charge in [0.15, 0.2) is 0 Å². The smallest absolute Gasteiger partial charge is 0.147 e. The third-order valence-electron chi connectivity index (χ3n) is 5.40. The molecule has 0 unspecified atom stereocenters. The van der Waals surface area contributed by atoms with Gasteiger partial charge in [-0.2, -0.15) is 0 Å². The van der Waals surface area contributed by atoms with Crippen LogP contribution < -0.4 is 0 Å². The van der Waals surface area contributed by atoms with E-state index in [-0.39, 0.29) is 5.82 Å². The maximum Gasteiger partial charge on any atom is 0.147 e. The molecule has 5 heteroatoms. The lowest BCUT2D eigenvalue weighted by Gasteiger charge is -2.13. The van der Waals surface area contributed by atoms with Crippen molar-refractivity contribution in [2.45, 2.75) is 33.3 Å². The number of aliphatic hydroxyl groups is 1. The number of hydrogen-bond acceptors (Lipinski definition) is 2. The predicted octanol–water partition coefficient (Wildman–Crippen LogP) is 6.84. The molecule has 1 heterocycles. The molecule has 3 nitrogen and oxygen atoms in total. The Kier molecular flexibility index (Phi) is 5.46. The molecule has 1 N–H and O–H groups in total. The SMILES string of the molecule is Cc1cccc(-c2ccc(-n3cc(C(C)(C)O)nc3-c3cccc(Cl)c3C)c(F)c2)c1. The Morgan fingerprint density at radius 2 is 1.68 bits per heavy atom. The molecule has 0 saturated heterocycles. The number of aromatic nitrogens is 2. The van der Waals surface area contributed by atoms with Crippen LogP contribution in [0, 0.1) is 19.7 Å². The van der Waals surface area contributed by atoms with Crippen molar-refractivity contribution in [2.24, 2.45) is 0 Å². The van der Waals surface area contributed by atoms with Gasteiger partial charge in [-0.15, -0.1) is 0 Å². The average molecular weight is 435 g/mol. The largest absolute Gasteiger partial charge is 0.384 e. The molecular formula is C26H24ClFN2O. The number of imidazole rings is 1. The van der Waals surface area contributed by atoms with Crippen molar-refractivity contribution in [1.82, 2.24) is 9.55 Å². The van der Waals surface area contributed by atoms with E-state index >= 15 is 4.39 Å². The lowest BCUT2D eigenvalue weighted by Crippen LogP contribution is -2.15. The second-order valence-electron chi connectivity index (χ2n) is 8.33. The van der Waals surface area contributed by atoms with E-state index in [2.05, 4.69) is 4.98 Å². The Bertz CT molecular complexity index is 1270. The fourth-order valence-corrected chi connectivity index (χ4v) is 3.78. The van der Waals surface area contributed by atoms with Crippen molar-refractivity contribution >= 4 is 11.6 Å². The molecule has 4 aromatic rings. The van der Waals surface area contributed by atoms with Crippen LogP contribution in [0.5, 0.6) is 0 Å². The van der Waals surface area contributed by atoms with Crippen LogP contribution in [-0.2, 0) is 5.60 Å². The molecule has 1 aromatic heterocycles. The Morgan fingerprint density at radius 1 is 0.968 bits per heavy atom. The fourth-order valence-electron chi connectivity index (χ4n) is 3.60. The monoisotopic (exact) mass is 434 g/mol. The first-order chi connectivity index (χ1) is 14.6. The Morgan fingerprint density at radius 3 is 2.35 bits per heavy atom. The van der Waals surface area contributed by atoms with Crippen molar-refractivity contribution in [3.05, 3.63) is 94.5 Å². The maximum atomic E-state index is 15.4. The third-order valence-corrected chi connectivity index (χ3v) is 5.81. The summed E-state index contributed by atoms with van der Waals surface area (Å²) in [4.78, 5) is 4.65. The number of nitrogens with zero attached hydrogens (tertiary/aromatic N) is 2. The van der Waals surface area contributed by atoms with Gasteiger partial charge in [-0.05, 0) is 62.6 Å². The van der Waals surface area contributed by atoms with Crippen LogP contribution >= 0.6 is 11.6 Å². The fraction of sp³-hybridized carbons (Fsp3) is 0.192. The van der Waals surface area contributed by atoms with E-state index in [1.54, 1.807) is 30.7 Å². The lowest BCUT2D eigenvalue weighted by atomic mass is 10.0. The van der Waals surface area contributed by atoms with Gasteiger partial charge in [0.2, 0.25) is 0 Å². The van der Waals surface area contributed by atoms with Crippen LogP contribution in [-0.4, -0.2) is 14.7 Å². The first-order valence-electron chi connectivity index (χ1n) is 10.1. The lowest BCUT2D eigenvalue weighted by molar-refractivity contribution is 0.0743. The summed E-state index contributed by atoms with van der Waals surface area (Å²) in [6.45, 7) is 7.23. The van der Waals surface area contributed by atoms with Gasteiger partial charge in [-0.3, -0.25) is 4.57 Å². The van der Waals surface area contributed by atoms with Gasteiger partial charge in [0, 0.05) is 16.8 Å². The van der Waals surface area contributed by atoms with E-state index in [1.165, 1.54) is 6.07 Å². The summed E-state index contributed by atoms with van der Waals surface area (Å²) in [7, 11) is 0. The zero-order valence-corrected chi connectivity index (χ0v) is 18.7. The van der Waals surface area contributed by atoms with Gasteiger partial charge < -0.3 is 5.11 Å². The topological polar surface area (TPSA) is 38.0 Å². The molecule has 0 saturated carbocycles. The standard InChI is InChI=1S/C26H24ClFN2O/c1-16-7-5-8-18(13-16)19-11-12-23(22(28)14-19)30-15-24(26(3,4)31)29-25(30)20-9-6-10-21(27)17(20)2/h5-15,31H,1-4H3. The summed E-state index contributed by atoms with van der Waals surface area (Å²) in [5.41, 5.74) is 4.13. The van der Waals surface area contributed by atoms with Gasteiger partial charge >= 0.3 is 0 Å². The van der Waals surface area contributed by atoms with Crippen LogP contribution in [0.25, 0.3) is 28.2 Å². The molecule has 0 amide bonds. The van der Waals surface area contributed by atoms with Crippen LogP contribution in [0.15, 0.2) is 66.9 Å². The van der Waals surface area contributed by atoms with Gasteiger partial charge in [-0.25, -0.2) is 9.37 Å². The first-order valence-corrected chi connectivity index (χ1v) is 10.5. The van der Waals surface area contributed by atoms with Crippen LogP contribution in [0.1, 0.15) is 30.7 Å². The summed E-state index contributed by atoms with van der Waals surface area (Å²) in [6, 6.07) is 18.7. The van der Waals surface area contributed by atoms with E-state index in [1.807, 2.05) is 62.4 Å². The Balaban J connectivity index is 1.89. The van der Waals surface area contributed by atoms with Crippen LogP contribution in [0.3, 0.4) is 0 Å². The molecule has 0 aliphatic rings. The van der Waals surface area contributed by atoms with E-state index in [0.29, 0.717) is 22.2 Å². The van der Waals surface area contributed by atoms with E-state index < -0.39 is 5.60 Å². The molecule has 0 atom stereocenters. The first kappa shape index (κ1) is 21.3. The zero-order valence-electron chi connectivity index (χ0n) is 17.9. The molecule has 0 bridgehead atoms. The second-order valence-corrected chi connectivity index (χ2v) is 8.73. The van der Waals surface area contributed by atoms with Crippen LogP contribution in [0.4, 0.5) is 4.39 Å². The summed E-state index contributed by atoms with van der Waals surface area (Å²) < 4.78 is 17.0. The summed E-state index contributed by atoms with van der Waals surface area (Å²) >= 11 is 6.33. The molecule has 0 spiro atoms. The molecule has 31 heavy (non-hydrogen) atoms. The molecule has 0 aliphatic carbocycles. The van der Waals surface area contributed by atoms with Crippen molar-refractivity contribution in [2.75, 3.05) is 0 Å². The van der Waals surface area contributed by atoms with Gasteiger partial charge in [0.25, 0.3) is 0 Å². The highest BCUT2D eigenvalue weighted by molar-refractivity contribution is 6.31. The maximum absolute atomic E-state index is 15.4. The minimum absolute atomic E-state index is 0.355. The molecule has 158 valence electrons. The molecule has 3 aromatic carbocycles. The average Bonchev–Trinajstić information content (AvgIpc) is 3.15. The number of hydrogen-bond donors (Lipinski definition) is 1. The minimum atomic E-state index is -1.18.